The summed E-state index contributed by atoms with van der Waals surface area (Å²) in [6.07, 6.45) is 13.5. The molecule has 0 amide bonds. The van der Waals surface area contributed by atoms with Crippen molar-refractivity contribution in [2.45, 2.75) is 65.0 Å². The highest BCUT2D eigenvalue weighted by Gasteiger charge is 2.21. The molecule has 33 heavy (non-hydrogen) atoms. The van der Waals surface area contributed by atoms with Crippen molar-refractivity contribution in [3.63, 3.8) is 0 Å². The van der Waals surface area contributed by atoms with Crippen LogP contribution in [0.2, 0.25) is 0 Å². The van der Waals surface area contributed by atoms with Crippen LogP contribution in [0.15, 0.2) is 48.9 Å². The number of hydrogen-bond donors (Lipinski definition) is 1. The van der Waals surface area contributed by atoms with Crippen LogP contribution in [0.25, 0.3) is 21.5 Å². The van der Waals surface area contributed by atoms with E-state index in [-0.39, 0.29) is 0 Å². The van der Waals surface area contributed by atoms with Gasteiger partial charge in [0.25, 0.3) is 0 Å². The van der Waals surface area contributed by atoms with E-state index in [0.29, 0.717) is 6.04 Å². The van der Waals surface area contributed by atoms with Gasteiger partial charge in [0.2, 0.25) is 0 Å². The minimum atomic E-state index is 0.457. The van der Waals surface area contributed by atoms with Crippen LogP contribution in [0.1, 0.15) is 52.4 Å². The summed E-state index contributed by atoms with van der Waals surface area (Å²) < 4.78 is 9.25. The number of aryl methyl sites for hydroxylation is 1. The van der Waals surface area contributed by atoms with Gasteiger partial charge in [0.1, 0.15) is 11.5 Å². The van der Waals surface area contributed by atoms with E-state index in [4.69, 9.17) is 9.72 Å². The molecule has 1 aliphatic carbocycles. The van der Waals surface area contributed by atoms with Gasteiger partial charge in [-0.3, -0.25) is 9.67 Å². The number of thiazole rings is 1. The topological polar surface area (TPSA) is 64.9 Å². The van der Waals surface area contributed by atoms with Crippen LogP contribution in [-0.4, -0.2) is 25.8 Å². The quantitative estimate of drug-likeness (QED) is 0.302. The molecule has 0 bridgehead atoms. The van der Waals surface area contributed by atoms with Gasteiger partial charge in [-0.05, 0) is 50.3 Å². The Labute approximate surface area is 199 Å². The van der Waals surface area contributed by atoms with Crippen LogP contribution in [0.3, 0.4) is 0 Å². The molecule has 1 fully saturated rings. The van der Waals surface area contributed by atoms with Crippen LogP contribution in [0.4, 0.5) is 5.13 Å². The van der Waals surface area contributed by atoms with E-state index in [0.717, 1.165) is 57.0 Å². The number of pyridine rings is 1. The van der Waals surface area contributed by atoms with Gasteiger partial charge in [-0.2, -0.15) is 5.10 Å². The number of rotatable bonds is 8. The van der Waals surface area contributed by atoms with Crippen molar-refractivity contribution < 1.29 is 4.74 Å². The lowest BCUT2D eigenvalue weighted by atomic mass is 9.85. The Morgan fingerprint density at radius 1 is 1.15 bits per heavy atom. The monoisotopic (exact) mass is 461 g/mol. The molecule has 6 nitrogen and oxygen atoms in total. The van der Waals surface area contributed by atoms with Crippen molar-refractivity contribution in [3.05, 3.63) is 48.9 Å². The van der Waals surface area contributed by atoms with Crippen LogP contribution < -0.4 is 10.1 Å². The number of hydrogen-bond acceptors (Lipinski definition) is 6. The van der Waals surface area contributed by atoms with Gasteiger partial charge in [0, 0.05) is 42.7 Å². The van der Waals surface area contributed by atoms with Gasteiger partial charge in [0.15, 0.2) is 5.13 Å². The molecular weight excluding hydrogens is 430 g/mol. The molecule has 0 aliphatic heterocycles. The van der Waals surface area contributed by atoms with Crippen LogP contribution in [-0.2, 0) is 6.54 Å². The largest absolute Gasteiger partial charge is 0.457 e. The van der Waals surface area contributed by atoms with E-state index in [1.54, 1.807) is 17.5 Å². The number of ether oxygens (including phenoxy) is 1. The molecule has 3 aromatic heterocycles. The molecule has 172 valence electrons. The Morgan fingerprint density at radius 2 is 2.00 bits per heavy atom. The molecule has 0 unspecified atom stereocenters. The zero-order valence-electron chi connectivity index (χ0n) is 19.3. The number of nitrogens with one attached hydrogen (secondary N) is 1. The Kier molecular flexibility index (Phi) is 6.58. The van der Waals surface area contributed by atoms with Crippen molar-refractivity contribution >= 4 is 26.7 Å². The van der Waals surface area contributed by atoms with Crippen molar-refractivity contribution in [1.29, 1.82) is 0 Å². The second kappa shape index (κ2) is 9.91. The lowest BCUT2D eigenvalue weighted by Gasteiger charge is -2.28. The highest BCUT2D eigenvalue weighted by molar-refractivity contribution is 7.22. The Bertz CT molecular complexity index is 1210. The van der Waals surface area contributed by atoms with E-state index in [1.165, 1.54) is 32.1 Å². The maximum atomic E-state index is 6.18. The minimum absolute atomic E-state index is 0.457. The molecule has 1 aromatic carbocycles. The van der Waals surface area contributed by atoms with E-state index in [9.17, 15) is 0 Å². The first-order chi connectivity index (χ1) is 16.2. The summed E-state index contributed by atoms with van der Waals surface area (Å²) in [4.78, 5) is 9.29. The number of aromatic nitrogens is 4. The number of anilines is 1. The molecule has 7 heteroatoms. The molecule has 0 saturated heterocycles. The van der Waals surface area contributed by atoms with Crippen molar-refractivity contribution in [2.24, 2.45) is 5.92 Å². The number of fused-ring (bicyclic) bond motifs is 1. The second-order valence-electron chi connectivity index (χ2n) is 8.95. The van der Waals surface area contributed by atoms with Gasteiger partial charge < -0.3 is 10.1 Å². The second-order valence-corrected chi connectivity index (χ2v) is 9.98. The standard InChI is InChI=1S/C26H31N5OS/c1-3-13-31-17-20(16-28-31)24-14-22(11-12-27-24)32-21-9-10-23-25(15-21)33-26(30-23)29-18(2)19-7-5-4-6-8-19/h9-12,14-19H,3-8,13H2,1-2H3,(H,29,30)/t18-/m0/s1. The summed E-state index contributed by atoms with van der Waals surface area (Å²) in [5.41, 5.74) is 2.86. The molecule has 0 radical (unpaired) electrons. The highest BCUT2D eigenvalue weighted by Crippen LogP contribution is 2.34. The molecule has 3 heterocycles. The zero-order valence-corrected chi connectivity index (χ0v) is 20.1. The molecule has 5 rings (SSSR count). The fourth-order valence-corrected chi connectivity index (χ4v) is 5.58. The highest BCUT2D eigenvalue weighted by atomic mass is 32.1. The van der Waals surface area contributed by atoms with Crippen molar-refractivity contribution in [1.82, 2.24) is 19.7 Å². The smallest absolute Gasteiger partial charge is 0.184 e. The van der Waals surface area contributed by atoms with Crippen molar-refractivity contribution in [3.8, 4) is 22.8 Å². The molecule has 4 aromatic rings. The molecule has 1 aliphatic rings. The summed E-state index contributed by atoms with van der Waals surface area (Å²) in [5, 5.41) is 9.06. The Morgan fingerprint density at radius 3 is 2.85 bits per heavy atom. The van der Waals surface area contributed by atoms with Gasteiger partial charge in [-0.1, -0.05) is 37.5 Å². The van der Waals surface area contributed by atoms with Gasteiger partial charge in [0.05, 0.1) is 22.1 Å². The maximum Gasteiger partial charge on any atom is 0.184 e. The summed E-state index contributed by atoms with van der Waals surface area (Å²) in [6, 6.07) is 10.4. The normalized spacial score (nSPS) is 15.6. The first kappa shape index (κ1) is 21.9. The third-order valence-electron chi connectivity index (χ3n) is 6.42. The molecule has 1 atom stereocenters. The summed E-state index contributed by atoms with van der Waals surface area (Å²) >= 11 is 1.70. The van der Waals surface area contributed by atoms with E-state index in [2.05, 4.69) is 35.3 Å². The van der Waals surface area contributed by atoms with E-state index < -0.39 is 0 Å². The molecule has 0 spiro atoms. The predicted octanol–water partition coefficient (Wildman–Crippen LogP) is 7.14. The van der Waals surface area contributed by atoms with Crippen LogP contribution in [0.5, 0.6) is 11.5 Å². The predicted molar refractivity (Wildman–Crippen MR) is 135 cm³/mol. The summed E-state index contributed by atoms with van der Waals surface area (Å²) in [6.45, 7) is 5.34. The number of nitrogens with zero attached hydrogens (tertiary/aromatic N) is 4. The zero-order chi connectivity index (χ0) is 22.6. The van der Waals surface area contributed by atoms with E-state index >= 15 is 0 Å². The lowest BCUT2D eigenvalue weighted by Crippen LogP contribution is -2.27. The first-order valence-electron chi connectivity index (χ1n) is 12.0. The third kappa shape index (κ3) is 5.19. The van der Waals surface area contributed by atoms with Gasteiger partial charge in [-0.15, -0.1) is 0 Å². The third-order valence-corrected chi connectivity index (χ3v) is 7.37. The molecule has 1 saturated carbocycles. The van der Waals surface area contributed by atoms with E-state index in [1.807, 2.05) is 41.3 Å². The Hall–Kier alpha value is -2.93. The fourth-order valence-electron chi connectivity index (χ4n) is 4.59. The first-order valence-corrected chi connectivity index (χ1v) is 12.8. The van der Waals surface area contributed by atoms with Gasteiger partial charge in [-0.25, -0.2) is 4.98 Å². The van der Waals surface area contributed by atoms with Crippen LogP contribution >= 0.6 is 11.3 Å². The lowest BCUT2D eigenvalue weighted by molar-refractivity contribution is 0.328. The summed E-state index contributed by atoms with van der Waals surface area (Å²) in [7, 11) is 0. The average Bonchev–Trinajstić information content (AvgIpc) is 3.46. The van der Waals surface area contributed by atoms with Crippen molar-refractivity contribution in [2.75, 3.05) is 5.32 Å². The van der Waals surface area contributed by atoms with Gasteiger partial charge >= 0.3 is 0 Å². The molecule has 1 N–H and O–H groups in total. The van der Waals surface area contributed by atoms with Crippen LogP contribution in [0, 0.1) is 5.92 Å². The summed E-state index contributed by atoms with van der Waals surface area (Å²) in [5.74, 6) is 2.31. The SMILES string of the molecule is CCCn1cc(-c2cc(Oc3ccc4nc(N[C@@H](C)C5CCCCC5)sc4c3)ccn2)cn1. The number of benzene rings is 1. The minimum Gasteiger partial charge on any atom is -0.457 e. The molecular formula is C26H31N5OS. The fraction of sp³-hybridized carbons (Fsp3) is 0.423. The Balaban J connectivity index is 1.29. The maximum absolute atomic E-state index is 6.18. The average molecular weight is 462 g/mol.